The molecule has 12 heteroatoms. The van der Waals surface area contributed by atoms with Crippen molar-refractivity contribution in [1.29, 1.82) is 0 Å². The van der Waals surface area contributed by atoms with E-state index in [0.717, 1.165) is 6.07 Å². The monoisotopic (exact) mass is 477 g/mol. The van der Waals surface area contributed by atoms with Crippen LogP contribution in [0.15, 0.2) is 28.7 Å². The Labute approximate surface area is 192 Å². The molecule has 34 heavy (non-hydrogen) atoms. The van der Waals surface area contributed by atoms with E-state index in [1.165, 1.54) is 29.0 Å². The van der Waals surface area contributed by atoms with Gasteiger partial charge in [-0.1, -0.05) is 0 Å². The Morgan fingerprint density at radius 3 is 2.56 bits per heavy atom. The van der Waals surface area contributed by atoms with Crippen LogP contribution in [0.1, 0.15) is 34.9 Å². The minimum atomic E-state index is -4.64. The summed E-state index contributed by atoms with van der Waals surface area (Å²) in [6, 6.07) is 4.40. The van der Waals surface area contributed by atoms with Crippen molar-refractivity contribution in [2.24, 2.45) is 5.73 Å². The third-order valence-corrected chi connectivity index (χ3v) is 5.57. The number of nitrogens with two attached hydrogens (primary N) is 1. The number of nitrogens with zero attached hydrogens (tertiary/aromatic N) is 4. The Bertz CT molecular complexity index is 1270. The van der Waals surface area contributed by atoms with Gasteiger partial charge < -0.3 is 24.7 Å². The molecule has 0 aliphatic carbocycles. The molecule has 2 amide bonds. The molecule has 0 unspecified atom stereocenters. The highest BCUT2D eigenvalue weighted by Gasteiger charge is 2.34. The third kappa shape index (κ3) is 4.16. The van der Waals surface area contributed by atoms with Crippen LogP contribution in [0.5, 0.6) is 5.75 Å². The highest BCUT2D eigenvalue weighted by molar-refractivity contribution is 5.99. The fraction of sp³-hybridized carbons (Fsp3) is 0.364. The van der Waals surface area contributed by atoms with Crippen LogP contribution < -0.4 is 10.5 Å². The number of pyridine rings is 1. The maximum Gasteiger partial charge on any atom is 0.433 e. The van der Waals surface area contributed by atoms with Crippen molar-refractivity contribution in [1.82, 2.24) is 19.8 Å². The van der Waals surface area contributed by atoms with E-state index in [1.54, 1.807) is 20.0 Å². The number of ether oxygens (including phenoxy) is 1. The number of halogens is 3. The first-order valence-corrected chi connectivity index (χ1v) is 10.4. The summed E-state index contributed by atoms with van der Waals surface area (Å²) in [7, 11) is 2.97. The molecular weight excluding hydrogens is 455 g/mol. The van der Waals surface area contributed by atoms with Crippen LogP contribution in [0.4, 0.5) is 13.2 Å². The molecule has 9 nitrogen and oxygen atoms in total. The predicted molar refractivity (Wildman–Crippen MR) is 115 cm³/mol. The SMILES string of the molecule is COc1ccc(-c2nc(C(=O)N3CCN(C)C(=O)C3)c([C@H](C)N)o2)c2ccc(C(F)(F)F)nc12. The van der Waals surface area contributed by atoms with Gasteiger partial charge in [0, 0.05) is 31.1 Å². The molecule has 3 heterocycles. The number of amides is 2. The standard InChI is InChI=1S/C22H22F3N5O4/c1-11(26)19-18(21(32)30-9-8-29(2)16(31)10-30)28-20(34-19)13-4-6-14(33-3)17-12(13)5-7-15(27-17)22(23,24)25/h4-7,11H,8-10,26H2,1-3H3/t11-/m0/s1. The van der Waals surface area contributed by atoms with Crippen molar-refractivity contribution in [3.8, 4) is 17.2 Å². The molecule has 1 fully saturated rings. The number of benzene rings is 1. The van der Waals surface area contributed by atoms with Gasteiger partial charge in [0.1, 0.15) is 23.5 Å². The van der Waals surface area contributed by atoms with Crippen LogP contribution in [0.25, 0.3) is 22.4 Å². The lowest BCUT2D eigenvalue weighted by Crippen LogP contribution is -2.50. The van der Waals surface area contributed by atoms with Gasteiger partial charge in [-0.05, 0) is 31.2 Å². The number of alkyl halides is 3. The first kappa shape index (κ1) is 23.5. The van der Waals surface area contributed by atoms with Crippen molar-refractivity contribution in [2.75, 3.05) is 33.8 Å². The molecule has 0 saturated carbocycles. The van der Waals surface area contributed by atoms with E-state index in [9.17, 15) is 22.8 Å². The summed E-state index contributed by atoms with van der Waals surface area (Å²) in [5.74, 6) is -0.492. The fourth-order valence-corrected chi connectivity index (χ4v) is 3.69. The highest BCUT2D eigenvalue weighted by atomic mass is 19.4. The van der Waals surface area contributed by atoms with Gasteiger partial charge in [0.2, 0.25) is 11.8 Å². The number of hydrogen-bond acceptors (Lipinski definition) is 7. The maximum atomic E-state index is 13.2. The smallest absolute Gasteiger partial charge is 0.433 e. The van der Waals surface area contributed by atoms with Crippen LogP contribution in [0.3, 0.4) is 0 Å². The predicted octanol–water partition coefficient (Wildman–Crippen LogP) is 2.85. The van der Waals surface area contributed by atoms with Crippen LogP contribution in [-0.4, -0.2) is 65.4 Å². The summed E-state index contributed by atoms with van der Waals surface area (Å²) in [5.41, 5.74) is 5.17. The Morgan fingerprint density at radius 2 is 1.94 bits per heavy atom. The lowest BCUT2D eigenvalue weighted by molar-refractivity contribution is -0.141. The minimum absolute atomic E-state index is 0.00897. The van der Waals surface area contributed by atoms with Crippen molar-refractivity contribution >= 4 is 22.7 Å². The second-order valence-electron chi connectivity index (χ2n) is 7.97. The lowest BCUT2D eigenvalue weighted by atomic mass is 10.1. The van der Waals surface area contributed by atoms with Crippen molar-refractivity contribution < 1.29 is 31.9 Å². The van der Waals surface area contributed by atoms with Gasteiger partial charge in [-0.2, -0.15) is 13.2 Å². The molecule has 4 rings (SSSR count). The number of methoxy groups -OCH3 is 1. The van der Waals surface area contributed by atoms with Crippen molar-refractivity contribution in [2.45, 2.75) is 19.1 Å². The zero-order valence-corrected chi connectivity index (χ0v) is 18.6. The van der Waals surface area contributed by atoms with E-state index in [-0.39, 0.29) is 41.1 Å². The van der Waals surface area contributed by atoms with Gasteiger partial charge in [0.25, 0.3) is 5.91 Å². The quantitative estimate of drug-likeness (QED) is 0.615. The number of carbonyl (C=O) groups excluding carboxylic acids is 2. The van der Waals surface area contributed by atoms with Gasteiger partial charge in [-0.3, -0.25) is 9.59 Å². The van der Waals surface area contributed by atoms with Gasteiger partial charge in [0.15, 0.2) is 11.5 Å². The van der Waals surface area contributed by atoms with E-state index >= 15 is 0 Å². The first-order valence-electron chi connectivity index (χ1n) is 10.4. The van der Waals surface area contributed by atoms with Crippen LogP contribution >= 0.6 is 0 Å². The molecule has 1 atom stereocenters. The minimum Gasteiger partial charge on any atom is -0.494 e. The van der Waals surface area contributed by atoms with Crippen LogP contribution in [0.2, 0.25) is 0 Å². The first-order chi connectivity index (χ1) is 16.0. The van der Waals surface area contributed by atoms with Crippen molar-refractivity contribution in [3.63, 3.8) is 0 Å². The largest absolute Gasteiger partial charge is 0.494 e. The molecule has 1 saturated heterocycles. The summed E-state index contributed by atoms with van der Waals surface area (Å²) >= 11 is 0. The summed E-state index contributed by atoms with van der Waals surface area (Å²) in [6.07, 6.45) is -4.64. The molecule has 1 aromatic carbocycles. The normalized spacial score (nSPS) is 15.7. The molecular formula is C22H22F3N5O4. The Morgan fingerprint density at radius 1 is 1.21 bits per heavy atom. The number of rotatable bonds is 4. The van der Waals surface area contributed by atoms with E-state index in [2.05, 4.69) is 9.97 Å². The summed E-state index contributed by atoms with van der Waals surface area (Å²) in [5, 5.41) is 0.290. The summed E-state index contributed by atoms with van der Waals surface area (Å²) in [4.78, 5) is 36.2. The maximum absolute atomic E-state index is 13.2. The number of carbonyl (C=O) groups is 2. The lowest BCUT2D eigenvalue weighted by Gasteiger charge is -2.31. The summed E-state index contributed by atoms with van der Waals surface area (Å²) in [6.45, 7) is 2.20. The average Bonchev–Trinajstić information content (AvgIpc) is 3.24. The van der Waals surface area contributed by atoms with Gasteiger partial charge in [-0.15, -0.1) is 0 Å². The number of aromatic nitrogens is 2. The second kappa shape index (κ2) is 8.60. The molecule has 2 N–H and O–H groups in total. The van der Waals surface area contributed by atoms with Crippen LogP contribution in [0, 0.1) is 0 Å². The molecule has 3 aromatic rings. The van der Waals surface area contributed by atoms with E-state index < -0.39 is 23.8 Å². The topological polar surface area (TPSA) is 115 Å². The molecule has 2 aromatic heterocycles. The number of oxazole rings is 1. The number of fused-ring (bicyclic) bond motifs is 1. The average molecular weight is 477 g/mol. The number of hydrogen-bond donors (Lipinski definition) is 1. The molecule has 180 valence electrons. The van der Waals surface area contributed by atoms with Crippen molar-refractivity contribution in [3.05, 3.63) is 41.4 Å². The van der Waals surface area contributed by atoms with E-state index in [4.69, 9.17) is 14.9 Å². The second-order valence-corrected chi connectivity index (χ2v) is 7.97. The van der Waals surface area contributed by atoms with Gasteiger partial charge in [0.05, 0.1) is 13.2 Å². The highest BCUT2D eigenvalue weighted by Crippen LogP contribution is 2.37. The molecule has 0 radical (unpaired) electrons. The Hall–Kier alpha value is -3.67. The van der Waals surface area contributed by atoms with E-state index in [1.807, 2.05) is 0 Å². The zero-order valence-electron chi connectivity index (χ0n) is 18.6. The zero-order chi connectivity index (χ0) is 24.8. The van der Waals surface area contributed by atoms with Gasteiger partial charge in [-0.25, -0.2) is 9.97 Å². The number of likely N-dealkylation sites (N-methyl/N-ethyl adjacent to an activating group) is 1. The molecule has 0 bridgehead atoms. The fourth-order valence-electron chi connectivity index (χ4n) is 3.69. The Balaban J connectivity index is 1.82. The third-order valence-electron chi connectivity index (χ3n) is 5.57. The van der Waals surface area contributed by atoms with Crippen LogP contribution in [-0.2, 0) is 11.0 Å². The van der Waals surface area contributed by atoms with Gasteiger partial charge >= 0.3 is 6.18 Å². The van der Waals surface area contributed by atoms with E-state index in [0.29, 0.717) is 24.0 Å². The number of piperazine rings is 1. The molecule has 1 aliphatic rings. The molecule has 0 spiro atoms. The summed E-state index contributed by atoms with van der Waals surface area (Å²) < 4.78 is 50.7. The Kier molecular flexibility index (Phi) is 5.94. The molecule has 1 aliphatic heterocycles.